The average molecular weight is 268 g/mol. The fraction of sp³-hybridized carbons (Fsp3) is 0.167. The summed E-state index contributed by atoms with van der Waals surface area (Å²) in [6, 6.07) is 5.07. The van der Waals surface area contributed by atoms with Crippen LogP contribution in [0.4, 0.5) is 0 Å². The molecule has 1 aromatic carbocycles. The van der Waals surface area contributed by atoms with E-state index >= 15 is 0 Å². The number of hydrogen-bond donors (Lipinski definition) is 1. The van der Waals surface area contributed by atoms with Gasteiger partial charge in [0.1, 0.15) is 0 Å². The number of pyridine rings is 1. The van der Waals surface area contributed by atoms with E-state index in [4.69, 9.17) is 11.6 Å². The summed E-state index contributed by atoms with van der Waals surface area (Å²) in [6.07, 6.45) is 1.81. The molecule has 88 valence electrons. The molecule has 0 bridgehead atoms. The van der Waals surface area contributed by atoms with E-state index in [0.717, 1.165) is 0 Å². The molecule has 0 spiro atoms. The van der Waals surface area contributed by atoms with Gasteiger partial charge in [0.15, 0.2) is 5.78 Å². The minimum atomic E-state index is -0.266. The maximum absolute atomic E-state index is 12.2. The number of carbonyl (C=O) groups is 1. The van der Waals surface area contributed by atoms with Gasteiger partial charge in [-0.1, -0.05) is 17.7 Å². The van der Waals surface area contributed by atoms with Crippen LogP contribution in [0.3, 0.4) is 0 Å². The van der Waals surface area contributed by atoms with E-state index in [9.17, 15) is 9.59 Å². The number of benzene rings is 1. The number of fused-ring (bicyclic) bond motifs is 1. The van der Waals surface area contributed by atoms with Crippen molar-refractivity contribution in [1.82, 2.24) is 4.98 Å². The molecule has 0 aliphatic carbocycles. The molecule has 0 fully saturated rings. The quantitative estimate of drug-likeness (QED) is 0.672. The van der Waals surface area contributed by atoms with Crippen LogP contribution in [-0.4, -0.2) is 17.0 Å². The minimum absolute atomic E-state index is 0.201. The van der Waals surface area contributed by atoms with Crippen molar-refractivity contribution in [3.8, 4) is 0 Å². The minimum Gasteiger partial charge on any atom is -0.348 e. The molecule has 1 aromatic heterocycles. The number of ketones is 1. The summed E-state index contributed by atoms with van der Waals surface area (Å²) in [7, 11) is 0. The third kappa shape index (κ3) is 1.98. The molecule has 0 amide bonds. The van der Waals surface area contributed by atoms with Gasteiger partial charge in [-0.25, -0.2) is 0 Å². The van der Waals surface area contributed by atoms with Gasteiger partial charge in [0.25, 0.3) is 0 Å². The molecular weight excluding hydrogens is 258 g/mol. The van der Waals surface area contributed by atoms with Gasteiger partial charge in [0.05, 0.1) is 21.1 Å². The number of carbonyl (C=O) groups excluding carboxylic acids is 1. The normalized spacial score (nSPS) is 10.8. The van der Waals surface area contributed by atoms with Gasteiger partial charge in [-0.15, -0.1) is 11.8 Å². The Morgan fingerprint density at radius 1 is 1.41 bits per heavy atom. The second-order valence-corrected chi connectivity index (χ2v) is 4.80. The summed E-state index contributed by atoms with van der Waals surface area (Å²) in [5.41, 5.74) is 0.513. The van der Waals surface area contributed by atoms with Crippen molar-refractivity contribution in [3.63, 3.8) is 0 Å². The molecule has 0 unspecified atom stereocenters. The van der Waals surface area contributed by atoms with Crippen molar-refractivity contribution in [2.75, 3.05) is 6.26 Å². The third-order valence-corrected chi connectivity index (χ3v) is 3.54. The first kappa shape index (κ1) is 12.2. The molecule has 0 aliphatic heterocycles. The van der Waals surface area contributed by atoms with Crippen molar-refractivity contribution in [1.29, 1.82) is 0 Å². The Labute approximate surface area is 107 Å². The highest BCUT2D eigenvalue weighted by molar-refractivity contribution is 7.98. The molecule has 0 saturated heterocycles. The maximum Gasteiger partial charge on any atom is 0.201 e. The fourth-order valence-electron chi connectivity index (χ4n) is 1.73. The lowest BCUT2D eigenvalue weighted by Crippen LogP contribution is -2.16. The maximum atomic E-state index is 12.2. The summed E-state index contributed by atoms with van der Waals surface area (Å²) < 4.78 is 0. The highest BCUT2D eigenvalue weighted by Crippen LogP contribution is 2.24. The Hall–Kier alpha value is -1.26. The van der Waals surface area contributed by atoms with Crippen LogP contribution >= 0.6 is 23.4 Å². The first-order valence-electron chi connectivity index (χ1n) is 4.95. The monoisotopic (exact) mass is 267 g/mol. The second kappa shape index (κ2) is 4.55. The largest absolute Gasteiger partial charge is 0.348 e. The van der Waals surface area contributed by atoms with Crippen LogP contribution in [0.2, 0.25) is 5.02 Å². The van der Waals surface area contributed by atoms with Crippen LogP contribution in [0.1, 0.15) is 17.3 Å². The van der Waals surface area contributed by atoms with Crippen LogP contribution in [-0.2, 0) is 0 Å². The van der Waals surface area contributed by atoms with Crippen molar-refractivity contribution in [2.45, 2.75) is 11.9 Å². The lowest BCUT2D eigenvalue weighted by molar-refractivity contribution is 0.101. The molecule has 0 saturated carbocycles. The Bertz CT molecular complexity index is 663. The smallest absolute Gasteiger partial charge is 0.201 e. The number of para-hydroxylation sites is 1. The fourth-order valence-corrected chi connectivity index (χ4v) is 2.59. The van der Waals surface area contributed by atoms with E-state index in [2.05, 4.69) is 4.98 Å². The van der Waals surface area contributed by atoms with Crippen molar-refractivity contribution in [3.05, 3.63) is 39.0 Å². The number of halogens is 1. The molecule has 1 heterocycles. The molecule has 2 aromatic rings. The number of rotatable bonds is 2. The van der Waals surface area contributed by atoms with Crippen molar-refractivity contribution >= 4 is 40.0 Å². The molecule has 1 N–H and O–H groups in total. The summed E-state index contributed by atoms with van der Waals surface area (Å²) in [5, 5.41) is 1.48. The first-order chi connectivity index (χ1) is 8.06. The average Bonchev–Trinajstić information content (AvgIpc) is 2.29. The number of Topliss-reactive ketones (excluding diaryl/α,β-unsaturated/α-hetero) is 1. The Morgan fingerprint density at radius 3 is 2.71 bits per heavy atom. The van der Waals surface area contributed by atoms with Gasteiger partial charge >= 0.3 is 0 Å². The summed E-state index contributed by atoms with van der Waals surface area (Å²) in [5.74, 6) is -0.238. The number of thioether (sulfide) groups is 1. The van der Waals surface area contributed by atoms with Gasteiger partial charge in [-0.05, 0) is 25.3 Å². The summed E-state index contributed by atoms with van der Waals surface area (Å²) >= 11 is 7.35. The van der Waals surface area contributed by atoms with Crippen LogP contribution in [0.25, 0.3) is 10.9 Å². The van der Waals surface area contributed by atoms with Gasteiger partial charge in [0, 0.05) is 5.39 Å². The zero-order valence-electron chi connectivity index (χ0n) is 9.33. The lowest BCUT2D eigenvalue weighted by atomic mass is 10.1. The Balaban J connectivity index is 2.99. The van der Waals surface area contributed by atoms with Gasteiger partial charge < -0.3 is 4.98 Å². The van der Waals surface area contributed by atoms with E-state index in [-0.39, 0.29) is 16.8 Å². The Morgan fingerprint density at radius 2 is 2.12 bits per heavy atom. The van der Waals surface area contributed by atoms with Crippen LogP contribution < -0.4 is 5.43 Å². The van der Waals surface area contributed by atoms with E-state index in [1.165, 1.54) is 18.7 Å². The molecule has 17 heavy (non-hydrogen) atoms. The van der Waals surface area contributed by atoms with Crippen molar-refractivity contribution in [2.24, 2.45) is 0 Å². The van der Waals surface area contributed by atoms with E-state index < -0.39 is 0 Å². The van der Waals surface area contributed by atoms with Gasteiger partial charge in [-0.2, -0.15) is 0 Å². The summed E-state index contributed by atoms with van der Waals surface area (Å²) in [6.45, 7) is 1.39. The molecule has 3 nitrogen and oxygen atoms in total. The number of H-pyrrole nitrogens is 1. The SMILES string of the molecule is CSc1[nH]c2c(Cl)cccc2c(=O)c1C(C)=O. The predicted octanol–water partition coefficient (Wildman–Crippen LogP) is 3.11. The molecule has 0 radical (unpaired) electrons. The van der Waals surface area contributed by atoms with E-state index in [1.54, 1.807) is 24.5 Å². The zero-order chi connectivity index (χ0) is 12.6. The number of hydrogen-bond acceptors (Lipinski definition) is 3. The number of aromatic amines is 1. The molecule has 0 aliphatic rings. The predicted molar refractivity (Wildman–Crippen MR) is 71.4 cm³/mol. The lowest BCUT2D eigenvalue weighted by Gasteiger charge is -2.07. The first-order valence-corrected chi connectivity index (χ1v) is 6.56. The van der Waals surface area contributed by atoms with Crippen LogP contribution in [0.15, 0.2) is 28.0 Å². The highest BCUT2D eigenvalue weighted by Gasteiger charge is 2.16. The Kier molecular flexibility index (Phi) is 3.26. The third-order valence-electron chi connectivity index (χ3n) is 2.51. The highest BCUT2D eigenvalue weighted by atomic mass is 35.5. The van der Waals surface area contributed by atoms with E-state index in [1.807, 2.05) is 0 Å². The second-order valence-electron chi connectivity index (χ2n) is 3.58. The molecular formula is C12H10ClNO2S. The number of aromatic nitrogens is 1. The summed E-state index contributed by atoms with van der Waals surface area (Å²) in [4.78, 5) is 26.7. The molecule has 2 rings (SSSR count). The molecule has 5 heteroatoms. The number of nitrogens with one attached hydrogen (secondary N) is 1. The van der Waals surface area contributed by atoms with Crippen LogP contribution in [0, 0.1) is 0 Å². The topological polar surface area (TPSA) is 49.9 Å². The van der Waals surface area contributed by atoms with E-state index in [0.29, 0.717) is 21.0 Å². The van der Waals surface area contributed by atoms with Gasteiger partial charge in [0.2, 0.25) is 5.43 Å². The standard InChI is InChI=1S/C12H10ClNO2S/c1-6(15)9-11(16)7-4-3-5-8(13)10(7)14-12(9)17-2/h3-5H,1-2H3,(H,14,16). The zero-order valence-corrected chi connectivity index (χ0v) is 10.9. The van der Waals surface area contributed by atoms with Crippen molar-refractivity contribution < 1.29 is 4.79 Å². The van der Waals surface area contributed by atoms with Gasteiger partial charge in [-0.3, -0.25) is 9.59 Å². The molecule has 0 atom stereocenters. The van der Waals surface area contributed by atoms with Crippen LogP contribution in [0.5, 0.6) is 0 Å².